The highest BCUT2D eigenvalue weighted by molar-refractivity contribution is 5.87. The Hall–Kier alpha value is -3.98. The molecule has 0 unspecified atom stereocenters. The standard InChI is InChI=1S/C39H50O19/c1-16-12-37-15-38(16,57-33-27(47)26(46)25(45)21(13-40)54-33)11-8-23(37)39-10-7-9-36(6,35(49)58-39)31(39)24(37)32(48)56-34-30(53-20(5)44)29(52-19(4)43)28(51-18(3)42)22(55-34)14-50-17(2)41/h7,9,21-31,33-34,40,45-47H,1,8,10-15H2,2-6H3/t21-,22-,23-,24-,25-,26+,27-,28-,29+,30-,31-,33+,34+,36-,37+,38+,39-/m1/s1. The second-order valence-electron chi connectivity index (χ2n) is 16.8. The van der Waals surface area contributed by atoms with Crippen molar-refractivity contribution < 1.29 is 91.8 Å². The molecular formula is C39H50O19. The average molecular weight is 823 g/mol. The number of esters is 6. The second kappa shape index (κ2) is 14.9. The van der Waals surface area contributed by atoms with Gasteiger partial charge in [-0.05, 0) is 43.6 Å². The van der Waals surface area contributed by atoms with Gasteiger partial charge in [-0.3, -0.25) is 28.8 Å². The van der Waals surface area contributed by atoms with Crippen molar-refractivity contribution in [1.29, 1.82) is 0 Å². The zero-order valence-corrected chi connectivity index (χ0v) is 32.7. The van der Waals surface area contributed by atoms with Crippen LogP contribution in [0.3, 0.4) is 0 Å². The number of aliphatic hydroxyl groups is 4. The van der Waals surface area contributed by atoms with E-state index >= 15 is 4.79 Å². The Balaban J connectivity index is 1.28. The summed E-state index contributed by atoms with van der Waals surface area (Å²) < 4.78 is 52.7. The summed E-state index contributed by atoms with van der Waals surface area (Å²) >= 11 is 0. The van der Waals surface area contributed by atoms with E-state index in [9.17, 15) is 44.4 Å². The third-order valence-electron chi connectivity index (χ3n) is 13.3. The molecule has 3 saturated heterocycles. The van der Waals surface area contributed by atoms with E-state index in [1.807, 2.05) is 6.08 Å². The number of carbonyl (C=O) groups is 6. The molecule has 0 radical (unpaired) electrons. The van der Waals surface area contributed by atoms with Gasteiger partial charge in [-0.1, -0.05) is 18.7 Å². The maximum Gasteiger partial charge on any atom is 0.316 e. The molecular weight excluding hydrogens is 772 g/mol. The fourth-order valence-electron chi connectivity index (χ4n) is 11.2. The Morgan fingerprint density at radius 2 is 1.48 bits per heavy atom. The van der Waals surface area contributed by atoms with Crippen LogP contribution in [0.1, 0.15) is 66.7 Å². The molecule has 320 valence electrons. The van der Waals surface area contributed by atoms with Gasteiger partial charge in [0.05, 0.1) is 23.5 Å². The third-order valence-corrected chi connectivity index (χ3v) is 13.3. The van der Waals surface area contributed by atoms with Crippen LogP contribution in [0.25, 0.3) is 0 Å². The Morgan fingerprint density at radius 3 is 2.12 bits per heavy atom. The van der Waals surface area contributed by atoms with Crippen LogP contribution in [0.4, 0.5) is 0 Å². The van der Waals surface area contributed by atoms with Gasteiger partial charge in [-0.15, -0.1) is 0 Å². The van der Waals surface area contributed by atoms with Crippen molar-refractivity contribution in [2.45, 2.75) is 139 Å². The maximum absolute atomic E-state index is 15.2. The van der Waals surface area contributed by atoms with Crippen LogP contribution in [0.15, 0.2) is 24.3 Å². The smallest absolute Gasteiger partial charge is 0.316 e. The lowest BCUT2D eigenvalue weighted by atomic mass is 9.62. The van der Waals surface area contributed by atoms with Gasteiger partial charge in [0.15, 0.2) is 18.5 Å². The van der Waals surface area contributed by atoms with Gasteiger partial charge in [-0.25, -0.2) is 0 Å². The Bertz CT molecular complexity index is 1780. The van der Waals surface area contributed by atoms with Crippen LogP contribution < -0.4 is 0 Å². The van der Waals surface area contributed by atoms with Crippen molar-refractivity contribution in [1.82, 2.24) is 0 Å². The molecule has 4 aliphatic carbocycles. The van der Waals surface area contributed by atoms with E-state index in [4.69, 9.17) is 42.6 Å². The number of rotatable bonds is 10. The van der Waals surface area contributed by atoms with Crippen molar-refractivity contribution in [2.24, 2.45) is 28.6 Å². The molecule has 7 rings (SSSR count). The predicted octanol–water partition coefficient (Wildman–Crippen LogP) is -0.578. The summed E-state index contributed by atoms with van der Waals surface area (Å²) in [6, 6.07) is 0. The van der Waals surface area contributed by atoms with Gasteiger partial charge < -0.3 is 63.1 Å². The Kier molecular flexibility index (Phi) is 10.9. The van der Waals surface area contributed by atoms with E-state index in [0.717, 1.165) is 27.7 Å². The van der Waals surface area contributed by atoms with E-state index in [-0.39, 0.29) is 25.7 Å². The Morgan fingerprint density at radius 1 is 0.845 bits per heavy atom. The quantitative estimate of drug-likeness (QED) is 0.122. The number of ether oxygens (including phenoxy) is 9. The maximum atomic E-state index is 15.2. The van der Waals surface area contributed by atoms with E-state index < -0.39 is 150 Å². The monoisotopic (exact) mass is 822 g/mol. The van der Waals surface area contributed by atoms with Crippen molar-refractivity contribution in [3.8, 4) is 0 Å². The molecule has 0 aromatic rings. The number of aliphatic hydroxyl groups excluding tert-OH is 4. The molecule has 1 spiro atoms. The fourth-order valence-corrected chi connectivity index (χ4v) is 11.2. The van der Waals surface area contributed by atoms with Crippen LogP contribution in [-0.2, 0) is 71.4 Å². The van der Waals surface area contributed by atoms with Gasteiger partial charge >= 0.3 is 35.8 Å². The molecule has 4 N–H and O–H groups in total. The highest BCUT2D eigenvalue weighted by atomic mass is 16.8. The SMILES string of the molecule is C=C1C[C@]23C[C@@]1(O[C@@H]1O[C@H](CO)[C@@H](O)[C@H](O)[C@H]1O)CC[C@H]2[C@@]12CC=C[C@@](C)(C(=O)O1)[C@H]2[C@@H]3C(=O)O[C@@H]1O[C@H](COC(C)=O)[C@@H](OC(C)=O)[C@H](OC(C)=O)[C@H]1OC(C)=O. The first-order chi connectivity index (χ1) is 27.2. The predicted molar refractivity (Wildman–Crippen MR) is 187 cm³/mol. The summed E-state index contributed by atoms with van der Waals surface area (Å²) in [5.74, 6) is -7.23. The van der Waals surface area contributed by atoms with Gasteiger partial charge in [0.25, 0.3) is 0 Å². The highest BCUT2D eigenvalue weighted by Gasteiger charge is 2.83. The molecule has 0 aromatic carbocycles. The summed E-state index contributed by atoms with van der Waals surface area (Å²) in [6.45, 7) is 9.10. The first-order valence-electron chi connectivity index (χ1n) is 19.3. The molecule has 4 bridgehead atoms. The molecule has 0 amide bonds. The number of carbonyl (C=O) groups excluding carboxylic acids is 6. The molecule has 3 saturated carbocycles. The van der Waals surface area contributed by atoms with E-state index in [1.165, 1.54) is 0 Å². The number of hydrogen-bond donors (Lipinski definition) is 4. The first-order valence-corrected chi connectivity index (χ1v) is 19.3. The van der Waals surface area contributed by atoms with Crippen molar-refractivity contribution in [3.05, 3.63) is 24.3 Å². The molecule has 58 heavy (non-hydrogen) atoms. The second-order valence-corrected chi connectivity index (χ2v) is 16.8. The van der Waals surface area contributed by atoms with Gasteiger partial charge in [0, 0.05) is 46.0 Å². The van der Waals surface area contributed by atoms with Gasteiger partial charge in [-0.2, -0.15) is 0 Å². The average Bonchev–Trinajstić information content (AvgIpc) is 3.55. The molecule has 3 aliphatic heterocycles. The summed E-state index contributed by atoms with van der Waals surface area (Å²) in [4.78, 5) is 78.2. The molecule has 0 aromatic heterocycles. The Labute approximate surface area is 332 Å². The van der Waals surface area contributed by atoms with Gasteiger partial charge in [0.2, 0.25) is 12.4 Å². The van der Waals surface area contributed by atoms with Crippen LogP contribution >= 0.6 is 0 Å². The van der Waals surface area contributed by atoms with Gasteiger partial charge in [0.1, 0.15) is 42.7 Å². The minimum Gasteiger partial charge on any atom is -0.463 e. The molecule has 6 fully saturated rings. The van der Waals surface area contributed by atoms with Crippen molar-refractivity contribution >= 4 is 35.8 Å². The summed E-state index contributed by atoms with van der Waals surface area (Å²) in [7, 11) is 0. The fraction of sp³-hybridized carbons (Fsp3) is 0.744. The minimum atomic E-state index is -1.84. The van der Waals surface area contributed by atoms with Crippen molar-refractivity contribution in [2.75, 3.05) is 13.2 Å². The molecule has 7 aliphatic rings. The first kappa shape index (κ1) is 42.2. The van der Waals surface area contributed by atoms with E-state index in [2.05, 4.69) is 6.58 Å². The molecule has 19 nitrogen and oxygen atoms in total. The van der Waals surface area contributed by atoms with Crippen LogP contribution in [0, 0.1) is 28.6 Å². The third kappa shape index (κ3) is 6.53. The highest BCUT2D eigenvalue weighted by Crippen LogP contribution is 2.78. The lowest BCUT2D eigenvalue weighted by molar-refractivity contribution is -0.326. The molecule has 17 atom stereocenters. The largest absolute Gasteiger partial charge is 0.463 e. The summed E-state index contributed by atoms with van der Waals surface area (Å²) in [6.07, 6.45) is -11.2. The van der Waals surface area contributed by atoms with Crippen molar-refractivity contribution in [3.63, 3.8) is 0 Å². The lowest BCUT2D eigenvalue weighted by Crippen LogP contribution is -2.63. The molecule has 3 heterocycles. The van der Waals surface area contributed by atoms with Crippen LogP contribution in [-0.4, -0.2) is 142 Å². The normalized spacial score (nSPS) is 46.0. The molecule has 19 heteroatoms. The number of fused-ring (bicyclic) bond motifs is 1. The zero-order valence-electron chi connectivity index (χ0n) is 32.7. The number of hydrogen-bond acceptors (Lipinski definition) is 19. The summed E-state index contributed by atoms with van der Waals surface area (Å²) in [5.41, 5.74) is -4.31. The van der Waals surface area contributed by atoms with Crippen LogP contribution in [0.2, 0.25) is 0 Å². The topological polar surface area (TPSA) is 266 Å². The summed E-state index contributed by atoms with van der Waals surface area (Å²) in [5, 5.41) is 41.8. The van der Waals surface area contributed by atoms with Crippen LogP contribution in [0.5, 0.6) is 0 Å². The minimum absolute atomic E-state index is 0.0861. The lowest BCUT2D eigenvalue weighted by Gasteiger charge is -2.49. The zero-order chi connectivity index (χ0) is 42.3. The van der Waals surface area contributed by atoms with E-state index in [0.29, 0.717) is 12.0 Å². The van der Waals surface area contributed by atoms with E-state index in [1.54, 1.807) is 13.0 Å².